The molecule has 0 bridgehead atoms. The van der Waals surface area contributed by atoms with E-state index in [0.717, 1.165) is 0 Å². The van der Waals surface area contributed by atoms with E-state index < -0.39 is 5.97 Å². The van der Waals surface area contributed by atoms with Gasteiger partial charge in [-0.05, 0) is 31.4 Å². The van der Waals surface area contributed by atoms with Gasteiger partial charge in [0.05, 0.1) is 5.92 Å². The lowest BCUT2D eigenvalue weighted by Crippen LogP contribution is -2.46. The van der Waals surface area contributed by atoms with Crippen LogP contribution in [0.3, 0.4) is 0 Å². The average molecular weight is 304 g/mol. The Morgan fingerprint density at radius 3 is 2.45 bits per heavy atom. The number of amides is 2. The monoisotopic (exact) mass is 304 g/mol. The zero-order valence-electron chi connectivity index (χ0n) is 12.2. The molecule has 0 unspecified atom stereocenters. The van der Waals surface area contributed by atoms with Gasteiger partial charge in [-0.25, -0.2) is 0 Å². The Morgan fingerprint density at radius 2 is 1.82 bits per heavy atom. The summed E-state index contributed by atoms with van der Waals surface area (Å²) in [5, 5.41) is 14.3. The molecule has 3 N–H and O–H groups in total. The Morgan fingerprint density at radius 1 is 1.14 bits per heavy atom. The van der Waals surface area contributed by atoms with Gasteiger partial charge in [-0.3, -0.25) is 14.4 Å². The van der Waals surface area contributed by atoms with Crippen molar-refractivity contribution in [1.82, 2.24) is 10.6 Å². The number of carboxylic acid groups (broad SMARTS) is 1. The fourth-order valence-corrected chi connectivity index (χ4v) is 2.38. The van der Waals surface area contributed by atoms with Crippen LogP contribution in [0.1, 0.15) is 36.0 Å². The van der Waals surface area contributed by atoms with Crippen molar-refractivity contribution in [2.24, 2.45) is 5.92 Å². The maximum Gasteiger partial charge on any atom is 0.306 e. The third kappa shape index (κ3) is 4.58. The zero-order valence-corrected chi connectivity index (χ0v) is 12.2. The summed E-state index contributed by atoms with van der Waals surface area (Å²) in [6, 6.07) is 8.88. The Kier molecular flexibility index (Phi) is 5.52. The molecule has 2 rings (SSSR count). The van der Waals surface area contributed by atoms with Gasteiger partial charge in [0.2, 0.25) is 5.91 Å². The van der Waals surface area contributed by atoms with Gasteiger partial charge in [-0.1, -0.05) is 18.2 Å². The molecule has 1 aromatic carbocycles. The lowest BCUT2D eigenvalue weighted by molar-refractivity contribution is -0.146. The van der Waals surface area contributed by atoms with E-state index in [0.29, 0.717) is 37.8 Å². The number of nitrogens with one attached hydrogen (secondary N) is 2. The molecule has 1 fully saturated rings. The van der Waals surface area contributed by atoms with E-state index in [2.05, 4.69) is 10.6 Å². The van der Waals surface area contributed by atoms with Crippen molar-refractivity contribution in [3.8, 4) is 0 Å². The van der Waals surface area contributed by atoms with Crippen molar-refractivity contribution in [1.29, 1.82) is 0 Å². The third-order valence-electron chi connectivity index (χ3n) is 3.75. The molecule has 6 heteroatoms. The maximum atomic E-state index is 11.8. The van der Waals surface area contributed by atoms with E-state index in [9.17, 15) is 14.4 Å². The van der Waals surface area contributed by atoms with Gasteiger partial charge in [-0.2, -0.15) is 0 Å². The van der Waals surface area contributed by atoms with Crippen LogP contribution in [0.15, 0.2) is 30.3 Å². The molecular formula is C16H20N2O4. The van der Waals surface area contributed by atoms with E-state index in [1.165, 1.54) is 0 Å². The van der Waals surface area contributed by atoms with Gasteiger partial charge in [0.25, 0.3) is 5.91 Å². The highest BCUT2D eigenvalue weighted by molar-refractivity contribution is 5.94. The number of carboxylic acids is 1. The van der Waals surface area contributed by atoms with E-state index in [1.54, 1.807) is 24.3 Å². The summed E-state index contributed by atoms with van der Waals surface area (Å²) in [4.78, 5) is 34.1. The van der Waals surface area contributed by atoms with Crippen molar-refractivity contribution in [2.45, 2.75) is 31.7 Å². The first kappa shape index (κ1) is 16.0. The Hall–Kier alpha value is -2.37. The van der Waals surface area contributed by atoms with Gasteiger partial charge in [0.1, 0.15) is 0 Å². The molecule has 0 heterocycles. The first-order valence-electron chi connectivity index (χ1n) is 7.41. The zero-order chi connectivity index (χ0) is 15.9. The second-order valence-electron chi connectivity index (χ2n) is 5.50. The quantitative estimate of drug-likeness (QED) is 0.659. The van der Waals surface area contributed by atoms with E-state index >= 15 is 0 Å². The highest BCUT2D eigenvalue weighted by atomic mass is 16.4. The minimum atomic E-state index is -0.797. The van der Waals surface area contributed by atoms with Gasteiger partial charge in [0, 0.05) is 24.6 Å². The van der Waals surface area contributed by atoms with Crippen molar-refractivity contribution in [3.63, 3.8) is 0 Å². The Labute approximate surface area is 128 Å². The van der Waals surface area contributed by atoms with Crippen LogP contribution in [0, 0.1) is 5.92 Å². The summed E-state index contributed by atoms with van der Waals surface area (Å²) < 4.78 is 0. The molecule has 1 aliphatic carbocycles. The minimum absolute atomic E-state index is 0.0208. The minimum Gasteiger partial charge on any atom is -0.481 e. The van der Waals surface area contributed by atoms with E-state index in [-0.39, 0.29) is 23.8 Å². The highest BCUT2D eigenvalue weighted by Gasteiger charge is 2.34. The topological polar surface area (TPSA) is 95.5 Å². The summed E-state index contributed by atoms with van der Waals surface area (Å²) in [7, 11) is 0. The smallest absolute Gasteiger partial charge is 0.306 e. The summed E-state index contributed by atoms with van der Waals surface area (Å²) in [6.07, 6.45) is 1.89. The van der Waals surface area contributed by atoms with E-state index in [4.69, 9.17) is 5.11 Å². The molecule has 0 spiro atoms. The standard InChI is InChI=1S/C16H20N2O4/c19-14(18-13-9-12(10-13)16(21)22)7-4-8-17-15(20)11-5-2-1-3-6-11/h1-3,5-6,12-13H,4,7-10H2,(H,17,20)(H,18,19)(H,21,22). The van der Waals surface area contributed by atoms with Crippen LogP contribution in [-0.4, -0.2) is 35.5 Å². The van der Waals surface area contributed by atoms with Gasteiger partial charge in [0.15, 0.2) is 0 Å². The summed E-state index contributed by atoms with van der Waals surface area (Å²) in [5.74, 6) is -1.36. The number of carbonyl (C=O) groups is 3. The van der Waals surface area contributed by atoms with Crippen LogP contribution in [0.25, 0.3) is 0 Å². The predicted molar refractivity (Wildman–Crippen MR) is 80.3 cm³/mol. The number of aliphatic carboxylic acids is 1. The predicted octanol–water partition coefficient (Wildman–Crippen LogP) is 1.18. The van der Waals surface area contributed by atoms with Crippen molar-refractivity contribution >= 4 is 17.8 Å². The second-order valence-corrected chi connectivity index (χ2v) is 5.50. The first-order chi connectivity index (χ1) is 10.6. The first-order valence-corrected chi connectivity index (χ1v) is 7.41. The van der Waals surface area contributed by atoms with Gasteiger partial charge in [-0.15, -0.1) is 0 Å². The molecule has 0 atom stereocenters. The average Bonchev–Trinajstić information content (AvgIpc) is 2.47. The fraction of sp³-hybridized carbons (Fsp3) is 0.438. The third-order valence-corrected chi connectivity index (χ3v) is 3.75. The number of hydrogen-bond donors (Lipinski definition) is 3. The molecule has 0 aliphatic heterocycles. The van der Waals surface area contributed by atoms with Crippen LogP contribution in [0.5, 0.6) is 0 Å². The molecule has 0 radical (unpaired) electrons. The molecule has 1 saturated carbocycles. The molecule has 1 aliphatic rings. The lowest BCUT2D eigenvalue weighted by Gasteiger charge is -2.32. The summed E-state index contributed by atoms with van der Waals surface area (Å²) in [5.41, 5.74) is 0.598. The molecule has 118 valence electrons. The summed E-state index contributed by atoms with van der Waals surface area (Å²) in [6.45, 7) is 0.434. The molecular weight excluding hydrogens is 284 g/mol. The maximum absolute atomic E-state index is 11.8. The molecule has 0 saturated heterocycles. The molecule has 0 aromatic heterocycles. The van der Waals surface area contributed by atoms with Crippen LogP contribution in [0.2, 0.25) is 0 Å². The molecule has 2 amide bonds. The number of rotatable bonds is 7. The van der Waals surface area contributed by atoms with Crippen LogP contribution in [0.4, 0.5) is 0 Å². The fourth-order valence-electron chi connectivity index (χ4n) is 2.38. The Balaban J connectivity index is 1.56. The normalized spacial score (nSPS) is 19.8. The van der Waals surface area contributed by atoms with Gasteiger partial charge >= 0.3 is 5.97 Å². The van der Waals surface area contributed by atoms with Crippen molar-refractivity contribution in [3.05, 3.63) is 35.9 Å². The van der Waals surface area contributed by atoms with E-state index in [1.807, 2.05) is 6.07 Å². The number of carbonyl (C=O) groups excluding carboxylic acids is 2. The van der Waals surface area contributed by atoms with Crippen molar-refractivity contribution in [2.75, 3.05) is 6.54 Å². The highest BCUT2D eigenvalue weighted by Crippen LogP contribution is 2.27. The lowest BCUT2D eigenvalue weighted by atomic mass is 9.80. The van der Waals surface area contributed by atoms with Gasteiger partial charge < -0.3 is 15.7 Å². The van der Waals surface area contributed by atoms with Crippen molar-refractivity contribution < 1.29 is 19.5 Å². The summed E-state index contributed by atoms with van der Waals surface area (Å²) >= 11 is 0. The largest absolute Gasteiger partial charge is 0.481 e. The Bertz CT molecular complexity index is 538. The second kappa shape index (κ2) is 7.59. The SMILES string of the molecule is O=C(CCCNC(=O)c1ccccc1)NC1CC(C(=O)O)C1. The van der Waals surface area contributed by atoms with Crippen LogP contribution < -0.4 is 10.6 Å². The molecule has 22 heavy (non-hydrogen) atoms. The van der Waals surface area contributed by atoms with Crippen LogP contribution in [-0.2, 0) is 9.59 Å². The number of benzene rings is 1. The van der Waals surface area contributed by atoms with Crippen LogP contribution >= 0.6 is 0 Å². The molecule has 1 aromatic rings. The number of hydrogen-bond acceptors (Lipinski definition) is 3. The molecule has 6 nitrogen and oxygen atoms in total.